The number of primary amides is 1. The molecule has 2 atom stereocenters. The number of amides is 1. The molecule has 1 amide bonds. The second-order valence-electron chi connectivity index (χ2n) is 6.38. The van der Waals surface area contributed by atoms with Crippen molar-refractivity contribution in [1.29, 1.82) is 0 Å². The molecule has 4 heteroatoms. The van der Waals surface area contributed by atoms with Crippen LogP contribution >= 0.6 is 0 Å². The van der Waals surface area contributed by atoms with E-state index in [4.69, 9.17) is 5.73 Å². The lowest BCUT2D eigenvalue weighted by molar-refractivity contribution is -0.119. The first kappa shape index (κ1) is 14.8. The molecule has 2 unspecified atom stereocenters. The van der Waals surface area contributed by atoms with E-state index < -0.39 is 0 Å². The van der Waals surface area contributed by atoms with Crippen LogP contribution in [0.15, 0.2) is 0 Å². The van der Waals surface area contributed by atoms with Crippen LogP contribution in [0.1, 0.15) is 51.9 Å². The Kier molecular flexibility index (Phi) is 5.64. The van der Waals surface area contributed by atoms with Crippen molar-refractivity contribution in [1.82, 2.24) is 10.2 Å². The highest BCUT2D eigenvalue weighted by Gasteiger charge is 2.25. The minimum Gasteiger partial charge on any atom is -0.370 e. The molecule has 0 saturated carbocycles. The molecular weight excluding hydrogens is 238 g/mol. The van der Waals surface area contributed by atoms with Gasteiger partial charge in [-0.3, -0.25) is 4.79 Å². The number of rotatable bonds is 5. The van der Waals surface area contributed by atoms with E-state index in [0.29, 0.717) is 24.4 Å². The standard InChI is InChI=1S/C15H29N3O/c1-12(10-14-4-2-3-7-17-14)18-8-5-13(6-9-18)11-15(16)19/h12-14,17H,2-11H2,1H3,(H2,16,19). The van der Waals surface area contributed by atoms with Gasteiger partial charge in [0.2, 0.25) is 5.91 Å². The van der Waals surface area contributed by atoms with E-state index >= 15 is 0 Å². The summed E-state index contributed by atoms with van der Waals surface area (Å²) in [4.78, 5) is 13.5. The van der Waals surface area contributed by atoms with Crippen molar-refractivity contribution in [3.8, 4) is 0 Å². The molecular formula is C15H29N3O. The quantitative estimate of drug-likeness (QED) is 0.793. The number of nitrogens with zero attached hydrogens (tertiary/aromatic N) is 1. The molecule has 19 heavy (non-hydrogen) atoms. The molecule has 110 valence electrons. The molecule has 3 N–H and O–H groups in total. The molecule has 2 aliphatic heterocycles. The second-order valence-corrected chi connectivity index (χ2v) is 6.38. The fourth-order valence-corrected chi connectivity index (χ4v) is 3.57. The molecule has 2 aliphatic rings. The van der Waals surface area contributed by atoms with Gasteiger partial charge in [0.25, 0.3) is 0 Å². The van der Waals surface area contributed by atoms with E-state index in [0.717, 1.165) is 25.9 Å². The Balaban J connectivity index is 1.69. The molecule has 2 fully saturated rings. The van der Waals surface area contributed by atoms with Gasteiger partial charge in [-0.05, 0) is 64.6 Å². The average molecular weight is 267 g/mol. The van der Waals surface area contributed by atoms with Gasteiger partial charge in [-0.25, -0.2) is 0 Å². The van der Waals surface area contributed by atoms with Crippen molar-refractivity contribution in [2.75, 3.05) is 19.6 Å². The number of hydrogen-bond donors (Lipinski definition) is 2. The number of carbonyl (C=O) groups excluding carboxylic acids is 1. The summed E-state index contributed by atoms with van der Waals surface area (Å²) in [6.07, 6.45) is 8.15. The maximum atomic E-state index is 10.9. The molecule has 2 heterocycles. The Hall–Kier alpha value is -0.610. The first-order chi connectivity index (χ1) is 9.15. The van der Waals surface area contributed by atoms with E-state index in [9.17, 15) is 4.79 Å². The molecule has 4 nitrogen and oxygen atoms in total. The van der Waals surface area contributed by atoms with Gasteiger partial charge < -0.3 is 16.0 Å². The Morgan fingerprint density at radius 3 is 2.63 bits per heavy atom. The van der Waals surface area contributed by atoms with Crippen LogP contribution in [-0.4, -0.2) is 42.5 Å². The molecule has 0 bridgehead atoms. The highest BCUT2D eigenvalue weighted by molar-refractivity contribution is 5.73. The van der Waals surface area contributed by atoms with Crippen molar-refractivity contribution in [3.05, 3.63) is 0 Å². The van der Waals surface area contributed by atoms with E-state index in [-0.39, 0.29) is 5.91 Å². The van der Waals surface area contributed by atoms with Gasteiger partial charge in [-0.1, -0.05) is 6.42 Å². The van der Waals surface area contributed by atoms with Crippen LogP contribution in [0.2, 0.25) is 0 Å². The molecule has 0 aromatic rings. The van der Waals surface area contributed by atoms with Crippen LogP contribution < -0.4 is 11.1 Å². The molecule has 2 saturated heterocycles. The summed E-state index contributed by atoms with van der Waals surface area (Å²) < 4.78 is 0. The highest BCUT2D eigenvalue weighted by atomic mass is 16.1. The lowest BCUT2D eigenvalue weighted by atomic mass is 9.91. The second kappa shape index (κ2) is 7.25. The van der Waals surface area contributed by atoms with Crippen LogP contribution in [0.3, 0.4) is 0 Å². The maximum absolute atomic E-state index is 10.9. The highest BCUT2D eigenvalue weighted by Crippen LogP contribution is 2.23. The van der Waals surface area contributed by atoms with Gasteiger partial charge in [0.15, 0.2) is 0 Å². The zero-order valence-corrected chi connectivity index (χ0v) is 12.2. The predicted molar refractivity (Wildman–Crippen MR) is 77.8 cm³/mol. The monoisotopic (exact) mass is 267 g/mol. The van der Waals surface area contributed by atoms with Gasteiger partial charge in [0.05, 0.1) is 0 Å². The number of hydrogen-bond acceptors (Lipinski definition) is 3. The number of carbonyl (C=O) groups is 1. The van der Waals surface area contributed by atoms with Crippen LogP contribution in [0.4, 0.5) is 0 Å². The normalized spacial score (nSPS) is 28.2. The van der Waals surface area contributed by atoms with Crippen LogP contribution in [0.5, 0.6) is 0 Å². The number of nitrogens with two attached hydrogens (primary N) is 1. The first-order valence-electron chi connectivity index (χ1n) is 7.91. The number of piperidine rings is 2. The SMILES string of the molecule is CC(CC1CCCCN1)N1CCC(CC(N)=O)CC1. The predicted octanol–water partition coefficient (Wildman–Crippen LogP) is 1.49. The summed E-state index contributed by atoms with van der Waals surface area (Å²) in [5.74, 6) is 0.381. The van der Waals surface area contributed by atoms with Crippen LogP contribution in [0, 0.1) is 5.92 Å². The fraction of sp³-hybridized carbons (Fsp3) is 0.933. The summed E-state index contributed by atoms with van der Waals surface area (Å²) in [6.45, 7) is 5.81. The van der Waals surface area contributed by atoms with Gasteiger partial charge in [0, 0.05) is 18.5 Å². The molecule has 0 aromatic heterocycles. The molecule has 0 aliphatic carbocycles. The minimum atomic E-state index is -0.141. The summed E-state index contributed by atoms with van der Waals surface area (Å²) in [7, 11) is 0. The summed E-state index contributed by atoms with van der Waals surface area (Å²) in [5, 5.41) is 3.64. The minimum absolute atomic E-state index is 0.141. The van der Waals surface area contributed by atoms with Crippen molar-refractivity contribution >= 4 is 5.91 Å². The summed E-state index contributed by atoms with van der Waals surface area (Å²) in [6, 6.07) is 1.37. The lowest BCUT2D eigenvalue weighted by Crippen LogP contribution is -2.45. The third-order valence-electron chi connectivity index (χ3n) is 4.80. The largest absolute Gasteiger partial charge is 0.370 e. The van der Waals surface area contributed by atoms with Crippen molar-refractivity contribution < 1.29 is 4.79 Å². The van der Waals surface area contributed by atoms with Crippen LogP contribution in [0.25, 0.3) is 0 Å². The summed E-state index contributed by atoms with van der Waals surface area (Å²) in [5.41, 5.74) is 5.28. The lowest BCUT2D eigenvalue weighted by Gasteiger charge is -2.38. The van der Waals surface area contributed by atoms with Gasteiger partial charge in [-0.15, -0.1) is 0 Å². The van der Waals surface area contributed by atoms with E-state index in [1.54, 1.807) is 0 Å². The van der Waals surface area contributed by atoms with Gasteiger partial charge in [-0.2, -0.15) is 0 Å². The topological polar surface area (TPSA) is 58.4 Å². The Morgan fingerprint density at radius 2 is 2.05 bits per heavy atom. The summed E-state index contributed by atoms with van der Waals surface area (Å²) >= 11 is 0. The fourth-order valence-electron chi connectivity index (χ4n) is 3.57. The van der Waals surface area contributed by atoms with Crippen molar-refractivity contribution in [2.24, 2.45) is 11.7 Å². The number of likely N-dealkylation sites (tertiary alicyclic amines) is 1. The van der Waals surface area contributed by atoms with Crippen molar-refractivity contribution in [3.63, 3.8) is 0 Å². The van der Waals surface area contributed by atoms with Crippen molar-refractivity contribution in [2.45, 2.75) is 64.0 Å². The smallest absolute Gasteiger partial charge is 0.217 e. The Morgan fingerprint density at radius 1 is 1.32 bits per heavy atom. The first-order valence-corrected chi connectivity index (χ1v) is 7.91. The van der Waals surface area contributed by atoms with Gasteiger partial charge in [0.1, 0.15) is 0 Å². The zero-order chi connectivity index (χ0) is 13.7. The Labute approximate surface area is 117 Å². The van der Waals surface area contributed by atoms with E-state index in [1.165, 1.54) is 32.2 Å². The zero-order valence-electron chi connectivity index (χ0n) is 12.2. The molecule has 0 radical (unpaired) electrons. The van der Waals surface area contributed by atoms with E-state index in [1.807, 2.05) is 0 Å². The Bertz CT molecular complexity index is 281. The molecule has 2 rings (SSSR count). The van der Waals surface area contributed by atoms with Gasteiger partial charge >= 0.3 is 0 Å². The third kappa shape index (κ3) is 4.77. The molecule has 0 spiro atoms. The molecule has 0 aromatic carbocycles. The third-order valence-corrected chi connectivity index (χ3v) is 4.80. The maximum Gasteiger partial charge on any atom is 0.217 e. The van der Waals surface area contributed by atoms with Crippen LogP contribution in [-0.2, 0) is 4.79 Å². The average Bonchev–Trinajstić information content (AvgIpc) is 2.40. The number of nitrogens with one attached hydrogen (secondary N) is 1. The van der Waals surface area contributed by atoms with E-state index in [2.05, 4.69) is 17.1 Å².